The van der Waals surface area contributed by atoms with Gasteiger partial charge < -0.3 is 25.5 Å². The van der Waals surface area contributed by atoms with Gasteiger partial charge in [-0.15, -0.1) is 5.11 Å². The standard InChI is InChI=1S/C23H20N10O6S2.2Na/c1-13-5-7-14(8-6-13)32-33-19-11-20(41(37,38)39)17(25)10-18(19)28-23-30-21(26-12-24)29-22(31-23)27-15-3-2-4-16(9-15)40(34,35)36;;/h2-11H,25H2,1H3,(H,34,35,36)(H,37,38,39)(H3,26,27,28,29,30,31);;/q;2*+1/p-2. The van der Waals surface area contributed by atoms with Crippen LogP contribution in [0.1, 0.15) is 5.56 Å². The van der Waals surface area contributed by atoms with Gasteiger partial charge in [0.25, 0.3) is 0 Å². The number of aromatic nitrogens is 3. The molecule has 0 radical (unpaired) electrons. The van der Waals surface area contributed by atoms with Gasteiger partial charge in [-0.25, -0.2) is 16.8 Å². The fraction of sp³-hybridized carbons (Fsp3) is 0.0435. The number of aryl methyl sites for hydroxylation is 1. The van der Waals surface area contributed by atoms with Gasteiger partial charge in [-0.1, -0.05) is 23.8 Å². The minimum absolute atomic E-state index is 0. The van der Waals surface area contributed by atoms with E-state index in [0.717, 1.165) is 29.8 Å². The first-order valence-corrected chi connectivity index (χ1v) is 14.0. The van der Waals surface area contributed by atoms with E-state index in [2.05, 4.69) is 41.1 Å². The van der Waals surface area contributed by atoms with Crippen LogP contribution >= 0.6 is 0 Å². The number of nitrogens with one attached hydrogen (secondary N) is 3. The van der Waals surface area contributed by atoms with E-state index in [-0.39, 0.29) is 94.0 Å². The molecule has 0 unspecified atom stereocenters. The maximum Gasteiger partial charge on any atom is 1.00 e. The second-order valence-electron chi connectivity index (χ2n) is 8.17. The first-order valence-electron chi connectivity index (χ1n) is 11.2. The van der Waals surface area contributed by atoms with Crippen molar-refractivity contribution >= 4 is 66.5 Å². The van der Waals surface area contributed by atoms with E-state index >= 15 is 0 Å². The van der Waals surface area contributed by atoms with Crippen LogP contribution in [0, 0.1) is 18.4 Å². The molecule has 1 aromatic heterocycles. The molecule has 210 valence electrons. The third-order valence-electron chi connectivity index (χ3n) is 5.13. The topological polar surface area (TPSA) is 264 Å². The molecule has 1 heterocycles. The first kappa shape index (κ1) is 36.0. The molecule has 0 bridgehead atoms. The van der Waals surface area contributed by atoms with Crippen LogP contribution in [0.15, 0.2) is 80.7 Å². The normalized spacial score (nSPS) is 11.1. The molecule has 0 fully saturated rings. The number of nitrogens with zero attached hydrogens (tertiary/aromatic N) is 6. The van der Waals surface area contributed by atoms with E-state index in [1.807, 2.05) is 6.92 Å². The van der Waals surface area contributed by atoms with Gasteiger partial charge in [-0.3, -0.25) is 5.32 Å². The number of hydrogen-bond acceptors (Lipinski definition) is 16. The molecule has 43 heavy (non-hydrogen) atoms. The summed E-state index contributed by atoms with van der Waals surface area (Å²) < 4.78 is 69.3. The minimum atomic E-state index is -4.97. The maximum absolute atomic E-state index is 11.7. The Morgan fingerprint density at radius 3 is 2.07 bits per heavy atom. The van der Waals surface area contributed by atoms with Crippen LogP contribution in [0.5, 0.6) is 0 Å². The summed E-state index contributed by atoms with van der Waals surface area (Å²) in [5.74, 6) is -0.637. The smallest absolute Gasteiger partial charge is 0.744 e. The van der Waals surface area contributed by atoms with Crippen LogP contribution in [-0.2, 0) is 20.2 Å². The van der Waals surface area contributed by atoms with Crippen LogP contribution in [0.4, 0.5) is 46.3 Å². The molecule has 0 atom stereocenters. The summed E-state index contributed by atoms with van der Waals surface area (Å²) in [6.45, 7) is 1.88. The van der Waals surface area contributed by atoms with Crippen molar-refractivity contribution in [3.05, 3.63) is 66.2 Å². The van der Waals surface area contributed by atoms with Gasteiger partial charge in [-0.2, -0.15) is 25.3 Å². The van der Waals surface area contributed by atoms with Crippen LogP contribution in [0.25, 0.3) is 0 Å². The predicted octanol–water partition coefficient (Wildman–Crippen LogP) is -2.63. The number of nitrogens with two attached hydrogens (primary N) is 1. The van der Waals surface area contributed by atoms with Crippen molar-refractivity contribution in [2.75, 3.05) is 21.7 Å². The Bertz CT molecular complexity index is 1920. The molecule has 0 aliphatic rings. The monoisotopic (exact) mass is 640 g/mol. The number of azo groups is 1. The predicted molar refractivity (Wildman–Crippen MR) is 144 cm³/mol. The van der Waals surface area contributed by atoms with Gasteiger partial charge in [0.2, 0.25) is 17.8 Å². The van der Waals surface area contributed by atoms with E-state index in [1.54, 1.807) is 30.5 Å². The molecule has 5 N–H and O–H groups in total. The third kappa shape index (κ3) is 9.90. The largest absolute Gasteiger partial charge is 1.00 e. The Labute approximate surface area is 290 Å². The summed E-state index contributed by atoms with van der Waals surface area (Å²) in [5, 5.41) is 24.9. The Kier molecular flexibility index (Phi) is 12.5. The van der Waals surface area contributed by atoms with Crippen molar-refractivity contribution in [1.82, 2.24) is 15.0 Å². The van der Waals surface area contributed by atoms with Crippen molar-refractivity contribution in [1.29, 1.82) is 5.26 Å². The van der Waals surface area contributed by atoms with Crippen molar-refractivity contribution in [2.45, 2.75) is 16.7 Å². The summed E-state index contributed by atoms with van der Waals surface area (Å²) in [4.78, 5) is 11.0. The van der Waals surface area contributed by atoms with Crippen LogP contribution in [-0.4, -0.2) is 40.9 Å². The van der Waals surface area contributed by atoms with Gasteiger partial charge in [0.15, 0.2) is 6.19 Å². The molecular formula is C23H18N10Na2O6S2. The van der Waals surface area contributed by atoms with Crippen molar-refractivity contribution in [2.24, 2.45) is 10.2 Å². The Balaban J connectivity index is 0.00000323. The van der Waals surface area contributed by atoms with E-state index < -0.39 is 35.7 Å². The Hall–Kier alpha value is -3.22. The molecule has 0 saturated carbocycles. The zero-order valence-electron chi connectivity index (χ0n) is 22.8. The van der Waals surface area contributed by atoms with Gasteiger partial charge in [0.05, 0.1) is 26.9 Å². The van der Waals surface area contributed by atoms with Gasteiger partial charge in [0, 0.05) is 5.69 Å². The number of anilines is 6. The molecule has 20 heteroatoms. The molecule has 4 rings (SSSR count). The first-order chi connectivity index (χ1) is 19.3. The van der Waals surface area contributed by atoms with E-state index in [9.17, 15) is 25.9 Å². The van der Waals surface area contributed by atoms with Crippen molar-refractivity contribution in [3.63, 3.8) is 0 Å². The summed E-state index contributed by atoms with van der Waals surface area (Å²) in [5.41, 5.74) is 6.88. The second kappa shape index (κ2) is 15.0. The Morgan fingerprint density at radius 1 is 0.837 bits per heavy atom. The van der Waals surface area contributed by atoms with Gasteiger partial charge in [0.1, 0.15) is 25.9 Å². The van der Waals surface area contributed by atoms with E-state index in [1.165, 1.54) is 12.1 Å². The SMILES string of the molecule is Cc1ccc(N=Nc2cc(S(=O)(=O)[O-])c(N)cc2Nc2nc(NC#N)nc(Nc3cccc(S(=O)(=O)[O-])c3)n2)cc1.[Na+].[Na+]. The van der Waals surface area contributed by atoms with Crippen LogP contribution in [0.2, 0.25) is 0 Å². The van der Waals surface area contributed by atoms with Crippen molar-refractivity contribution < 1.29 is 85.1 Å². The summed E-state index contributed by atoms with van der Waals surface area (Å²) >= 11 is 0. The zero-order chi connectivity index (χ0) is 29.8. The fourth-order valence-corrected chi connectivity index (χ4v) is 4.40. The van der Waals surface area contributed by atoms with Crippen LogP contribution in [0.3, 0.4) is 0 Å². The minimum Gasteiger partial charge on any atom is -0.744 e. The zero-order valence-corrected chi connectivity index (χ0v) is 28.4. The van der Waals surface area contributed by atoms with E-state index in [4.69, 9.17) is 11.0 Å². The number of benzene rings is 3. The molecule has 0 spiro atoms. The van der Waals surface area contributed by atoms with Crippen LogP contribution < -0.4 is 80.8 Å². The van der Waals surface area contributed by atoms with Crippen molar-refractivity contribution in [3.8, 4) is 6.19 Å². The van der Waals surface area contributed by atoms with E-state index in [0.29, 0.717) is 5.69 Å². The maximum atomic E-state index is 11.7. The summed E-state index contributed by atoms with van der Waals surface area (Å²) in [7, 11) is -9.71. The number of nitrogen functional groups attached to an aromatic ring is 1. The Morgan fingerprint density at radius 2 is 1.47 bits per heavy atom. The number of rotatable bonds is 9. The molecule has 16 nitrogen and oxygen atoms in total. The number of nitriles is 1. The average molecular weight is 641 g/mol. The molecule has 0 amide bonds. The molecule has 0 aliphatic heterocycles. The molecule has 0 saturated heterocycles. The summed E-state index contributed by atoms with van der Waals surface area (Å²) in [6.07, 6.45) is 1.65. The molecule has 4 aromatic rings. The molecular weight excluding hydrogens is 622 g/mol. The fourth-order valence-electron chi connectivity index (χ4n) is 3.28. The second-order valence-corrected chi connectivity index (χ2v) is 10.9. The third-order valence-corrected chi connectivity index (χ3v) is 6.86. The van der Waals surface area contributed by atoms with Gasteiger partial charge in [-0.05, 0) is 49.4 Å². The quantitative estimate of drug-likeness (QED) is 0.0364. The molecule has 3 aromatic carbocycles. The molecule has 0 aliphatic carbocycles. The number of hydrogen-bond donors (Lipinski definition) is 4. The van der Waals surface area contributed by atoms with Gasteiger partial charge >= 0.3 is 59.1 Å². The average Bonchev–Trinajstić information content (AvgIpc) is 2.88. The summed E-state index contributed by atoms with van der Waals surface area (Å²) in [6, 6.07) is 13.9.